The van der Waals surface area contributed by atoms with Crippen LogP contribution in [0.2, 0.25) is 0 Å². The summed E-state index contributed by atoms with van der Waals surface area (Å²) in [5.74, 6) is 0.243. The Balaban J connectivity index is 1.56. The molecule has 6 rings (SSSR count). The fourth-order valence-electron chi connectivity index (χ4n) is 5.52. The third-order valence-corrected chi connectivity index (χ3v) is 7.30. The number of imidazole rings is 1. The number of nitrogens with zero attached hydrogens (tertiary/aromatic N) is 6. The van der Waals surface area contributed by atoms with Crippen molar-refractivity contribution >= 4 is 22.5 Å². The number of benzene rings is 2. The standard InChI is InChI=1S/C29H25F3N6O2/c1-17-7-8-25(23-12-19(40-3)13-34-26(17)23)38-18(14-37-10-9-33-16-37)11-22-20(5-4-6-21(22)28(38)39)24-15-36(2)35-27(24)29(30,31)32/h4-10,12-13,15-16,18H,11,14H2,1-3H3. The van der Waals surface area contributed by atoms with E-state index in [2.05, 4.69) is 15.1 Å². The maximum absolute atomic E-state index is 14.3. The number of carbonyl (C=O) groups excluding carboxylic acids is 1. The number of halogens is 3. The lowest BCUT2D eigenvalue weighted by molar-refractivity contribution is -0.140. The quantitative estimate of drug-likeness (QED) is 0.294. The molecule has 11 heteroatoms. The van der Waals surface area contributed by atoms with Crippen molar-refractivity contribution in [2.45, 2.75) is 32.1 Å². The number of aromatic nitrogens is 5. The molecule has 8 nitrogen and oxygen atoms in total. The Morgan fingerprint density at radius 3 is 2.65 bits per heavy atom. The van der Waals surface area contributed by atoms with E-state index in [1.807, 2.05) is 29.7 Å². The average Bonchev–Trinajstić information content (AvgIpc) is 3.59. The maximum atomic E-state index is 14.3. The van der Waals surface area contributed by atoms with E-state index < -0.39 is 17.9 Å². The third-order valence-electron chi connectivity index (χ3n) is 7.30. The first kappa shape index (κ1) is 25.6. The molecule has 204 valence electrons. The van der Waals surface area contributed by atoms with E-state index in [0.29, 0.717) is 41.1 Å². The lowest BCUT2D eigenvalue weighted by atomic mass is 9.86. The largest absolute Gasteiger partial charge is 0.495 e. The van der Waals surface area contributed by atoms with Crippen LogP contribution in [0.5, 0.6) is 5.75 Å². The number of hydrogen-bond acceptors (Lipinski definition) is 5. The van der Waals surface area contributed by atoms with E-state index in [1.165, 1.54) is 13.2 Å². The molecule has 3 aromatic heterocycles. The van der Waals surface area contributed by atoms with Gasteiger partial charge in [-0.1, -0.05) is 18.2 Å². The Hall–Kier alpha value is -4.67. The monoisotopic (exact) mass is 546 g/mol. The number of rotatable bonds is 5. The van der Waals surface area contributed by atoms with Gasteiger partial charge in [0, 0.05) is 48.7 Å². The van der Waals surface area contributed by atoms with E-state index >= 15 is 0 Å². The van der Waals surface area contributed by atoms with E-state index in [1.54, 1.807) is 55.1 Å². The van der Waals surface area contributed by atoms with Crippen LogP contribution >= 0.6 is 0 Å². The number of methoxy groups -OCH3 is 1. The predicted molar refractivity (Wildman–Crippen MR) is 143 cm³/mol. The molecule has 1 unspecified atom stereocenters. The first-order valence-corrected chi connectivity index (χ1v) is 12.6. The fourth-order valence-corrected chi connectivity index (χ4v) is 5.52. The molecule has 5 aromatic rings. The minimum Gasteiger partial charge on any atom is -0.495 e. The first-order chi connectivity index (χ1) is 19.2. The van der Waals surface area contributed by atoms with Gasteiger partial charge in [-0.2, -0.15) is 18.3 Å². The molecule has 0 fully saturated rings. The second-order valence-corrected chi connectivity index (χ2v) is 9.86. The molecule has 1 aliphatic heterocycles. The van der Waals surface area contributed by atoms with Crippen molar-refractivity contribution in [1.29, 1.82) is 0 Å². The highest BCUT2D eigenvalue weighted by atomic mass is 19.4. The molecule has 0 radical (unpaired) electrons. The summed E-state index contributed by atoms with van der Waals surface area (Å²) in [6.45, 7) is 2.33. The Labute approximate surface area is 227 Å². The van der Waals surface area contributed by atoms with Crippen molar-refractivity contribution in [3.63, 3.8) is 0 Å². The van der Waals surface area contributed by atoms with Gasteiger partial charge in [-0.3, -0.25) is 14.5 Å². The SMILES string of the molecule is COc1cnc2c(C)ccc(N3C(=O)c4cccc(-c5cn(C)nc5C(F)(F)F)c4CC3Cn3ccnc3)c2c1. The number of anilines is 1. The molecule has 0 saturated carbocycles. The summed E-state index contributed by atoms with van der Waals surface area (Å²) < 4.78 is 50.2. The number of carbonyl (C=O) groups is 1. The van der Waals surface area contributed by atoms with Crippen LogP contribution in [0.4, 0.5) is 18.9 Å². The number of hydrogen-bond donors (Lipinski definition) is 0. The van der Waals surface area contributed by atoms with E-state index in [-0.39, 0.29) is 11.5 Å². The number of alkyl halides is 3. The van der Waals surface area contributed by atoms with Gasteiger partial charge >= 0.3 is 6.18 Å². The van der Waals surface area contributed by atoms with Crippen LogP contribution in [0.15, 0.2) is 67.5 Å². The Morgan fingerprint density at radius 1 is 1.12 bits per heavy atom. The Kier molecular flexibility index (Phi) is 6.09. The second kappa shape index (κ2) is 9.51. The van der Waals surface area contributed by atoms with Crippen LogP contribution in [0.1, 0.15) is 27.2 Å². The van der Waals surface area contributed by atoms with Crippen molar-refractivity contribution in [3.05, 3.63) is 89.9 Å². The van der Waals surface area contributed by atoms with Crippen molar-refractivity contribution in [1.82, 2.24) is 24.3 Å². The lowest BCUT2D eigenvalue weighted by Gasteiger charge is -2.38. The van der Waals surface area contributed by atoms with Gasteiger partial charge in [0.2, 0.25) is 0 Å². The summed E-state index contributed by atoms with van der Waals surface area (Å²) in [7, 11) is 3.01. The van der Waals surface area contributed by atoms with Crippen LogP contribution in [-0.2, 0) is 26.2 Å². The molecule has 40 heavy (non-hydrogen) atoms. The highest BCUT2D eigenvalue weighted by Crippen LogP contribution is 2.42. The molecular weight excluding hydrogens is 521 g/mol. The minimum absolute atomic E-state index is 0.0517. The minimum atomic E-state index is -4.65. The topological polar surface area (TPSA) is 78.1 Å². The van der Waals surface area contributed by atoms with E-state index in [4.69, 9.17) is 4.74 Å². The predicted octanol–water partition coefficient (Wildman–Crippen LogP) is 5.44. The van der Waals surface area contributed by atoms with Crippen LogP contribution in [0.3, 0.4) is 0 Å². The number of pyridine rings is 1. The van der Waals surface area contributed by atoms with Crippen LogP contribution in [-0.4, -0.2) is 43.4 Å². The van der Waals surface area contributed by atoms with Crippen molar-refractivity contribution in [3.8, 4) is 16.9 Å². The summed E-state index contributed by atoms with van der Waals surface area (Å²) in [6.07, 6.45) is 3.76. The van der Waals surface area contributed by atoms with Crippen molar-refractivity contribution in [2.24, 2.45) is 7.05 Å². The van der Waals surface area contributed by atoms with E-state index in [9.17, 15) is 18.0 Å². The average molecular weight is 547 g/mol. The van der Waals surface area contributed by atoms with Crippen LogP contribution in [0.25, 0.3) is 22.0 Å². The number of aryl methyl sites for hydroxylation is 2. The van der Waals surface area contributed by atoms with Gasteiger partial charge in [0.1, 0.15) is 5.75 Å². The maximum Gasteiger partial charge on any atom is 0.435 e. The normalized spacial score (nSPS) is 15.5. The molecule has 1 atom stereocenters. The Bertz CT molecular complexity index is 1740. The van der Waals surface area contributed by atoms with Crippen LogP contribution < -0.4 is 9.64 Å². The molecule has 0 saturated heterocycles. The zero-order valence-corrected chi connectivity index (χ0v) is 22.0. The highest BCUT2D eigenvalue weighted by molar-refractivity contribution is 6.13. The second-order valence-electron chi connectivity index (χ2n) is 9.86. The van der Waals surface area contributed by atoms with Gasteiger partial charge in [0.05, 0.1) is 36.9 Å². The molecular formula is C29H25F3N6O2. The molecule has 1 aliphatic rings. The van der Waals surface area contributed by atoms with Gasteiger partial charge in [-0.05, 0) is 48.2 Å². The van der Waals surface area contributed by atoms with Gasteiger partial charge in [0.15, 0.2) is 5.69 Å². The van der Waals surface area contributed by atoms with Crippen molar-refractivity contribution < 1.29 is 22.7 Å². The third kappa shape index (κ3) is 4.27. The van der Waals surface area contributed by atoms with Gasteiger partial charge in [-0.25, -0.2) is 4.98 Å². The molecule has 4 heterocycles. The van der Waals surface area contributed by atoms with Crippen LogP contribution in [0, 0.1) is 6.92 Å². The summed E-state index contributed by atoms with van der Waals surface area (Å²) in [5.41, 5.74) is 2.54. The van der Waals surface area contributed by atoms with Gasteiger partial charge in [-0.15, -0.1) is 0 Å². The molecule has 0 aliphatic carbocycles. The molecule has 0 bridgehead atoms. The highest BCUT2D eigenvalue weighted by Gasteiger charge is 2.40. The summed E-state index contributed by atoms with van der Waals surface area (Å²) in [4.78, 5) is 24.7. The Morgan fingerprint density at radius 2 is 1.93 bits per heavy atom. The number of fused-ring (bicyclic) bond motifs is 2. The zero-order valence-electron chi connectivity index (χ0n) is 22.0. The summed E-state index contributed by atoms with van der Waals surface area (Å²) in [5, 5.41) is 4.44. The number of amides is 1. The summed E-state index contributed by atoms with van der Waals surface area (Å²) >= 11 is 0. The summed E-state index contributed by atoms with van der Waals surface area (Å²) in [6, 6.07) is 10.1. The fraction of sp³-hybridized carbons (Fsp3) is 0.241. The molecule has 0 spiro atoms. The molecule has 2 aromatic carbocycles. The van der Waals surface area contributed by atoms with Gasteiger partial charge in [0.25, 0.3) is 5.91 Å². The van der Waals surface area contributed by atoms with Gasteiger partial charge < -0.3 is 14.2 Å². The number of ether oxygens (including phenoxy) is 1. The zero-order chi connectivity index (χ0) is 28.2. The van der Waals surface area contributed by atoms with Crippen molar-refractivity contribution in [2.75, 3.05) is 12.0 Å². The first-order valence-electron chi connectivity index (χ1n) is 12.6. The molecule has 0 N–H and O–H groups in total. The smallest absolute Gasteiger partial charge is 0.435 e. The lowest BCUT2D eigenvalue weighted by Crippen LogP contribution is -2.48. The van der Waals surface area contributed by atoms with E-state index in [0.717, 1.165) is 21.1 Å². The molecule has 1 amide bonds.